The summed E-state index contributed by atoms with van der Waals surface area (Å²) in [6.07, 6.45) is -2.65. The van der Waals surface area contributed by atoms with E-state index < -0.39 is 23.6 Å². The van der Waals surface area contributed by atoms with Crippen LogP contribution in [0.2, 0.25) is 0 Å². The van der Waals surface area contributed by atoms with Crippen LogP contribution in [-0.4, -0.2) is 11.8 Å². The van der Waals surface area contributed by atoms with E-state index in [-0.39, 0.29) is 17.5 Å². The molecule has 4 aromatic carbocycles. The fourth-order valence-electron chi connectivity index (χ4n) is 4.57. The molecule has 2 amide bonds. The summed E-state index contributed by atoms with van der Waals surface area (Å²) in [5.41, 5.74) is 2.11. The minimum absolute atomic E-state index is 0.0695. The largest absolute Gasteiger partial charge is 0.416 e. The lowest BCUT2D eigenvalue weighted by molar-refractivity contribution is -0.137. The van der Waals surface area contributed by atoms with Crippen LogP contribution >= 0.6 is 11.8 Å². The number of nitrogens with zero attached hydrogens (tertiary/aromatic N) is 1. The molecule has 0 spiro atoms. The van der Waals surface area contributed by atoms with E-state index in [1.165, 1.54) is 28.8 Å². The number of anilines is 1. The summed E-state index contributed by atoms with van der Waals surface area (Å²) in [5, 5.41) is 3.04. The molecule has 4 aromatic rings. The Morgan fingerprint density at radius 1 is 0.850 bits per heavy atom. The molecule has 5 rings (SSSR count). The lowest BCUT2D eigenvalue weighted by Crippen LogP contribution is -2.35. The minimum atomic E-state index is -4.49. The number of carbonyl (C=O) groups excluding carboxylic acids is 2. The topological polar surface area (TPSA) is 49.4 Å². The minimum Gasteiger partial charge on any atom is -0.345 e. The van der Waals surface area contributed by atoms with Crippen molar-refractivity contribution in [3.8, 4) is 0 Å². The highest BCUT2D eigenvalue weighted by atomic mass is 32.2. The van der Waals surface area contributed by atoms with Gasteiger partial charge in [0.05, 0.1) is 28.7 Å². The molecule has 8 heteroatoms. The molecule has 1 aliphatic rings. The molecule has 0 saturated heterocycles. The second-order valence-corrected chi connectivity index (χ2v) is 10.4. The van der Waals surface area contributed by atoms with Gasteiger partial charge < -0.3 is 10.2 Å². The summed E-state index contributed by atoms with van der Waals surface area (Å²) in [5.74, 6) is -0.880. The average molecular weight is 559 g/mol. The average Bonchev–Trinajstić information content (AvgIpc) is 2.95. The van der Waals surface area contributed by atoms with E-state index >= 15 is 0 Å². The fraction of sp³-hybridized carbons (Fsp3) is 0.125. The van der Waals surface area contributed by atoms with Gasteiger partial charge in [-0.3, -0.25) is 9.59 Å². The number of rotatable bonds is 7. The lowest BCUT2D eigenvalue weighted by Gasteiger charge is -2.30. The first-order chi connectivity index (χ1) is 19.3. The third-order valence-electron chi connectivity index (χ3n) is 6.49. The Morgan fingerprint density at radius 3 is 2.23 bits per heavy atom. The van der Waals surface area contributed by atoms with Gasteiger partial charge in [-0.25, -0.2) is 0 Å². The molecule has 1 aliphatic heterocycles. The fourth-order valence-corrected chi connectivity index (χ4v) is 5.60. The number of fused-ring (bicyclic) bond motifs is 1. The predicted molar refractivity (Wildman–Crippen MR) is 150 cm³/mol. The first kappa shape index (κ1) is 27.3. The van der Waals surface area contributed by atoms with Crippen LogP contribution in [-0.2, 0) is 28.7 Å². The molecule has 40 heavy (non-hydrogen) atoms. The zero-order valence-electron chi connectivity index (χ0n) is 21.3. The summed E-state index contributed by atoms with van der Waals surface area (Å²) in [6.45, 7) is -0.0695. The quantitative estimate of drug-likeness (QED) is 0.242. The number of halogens is 3. The summed E-state index contributed by atoms with van der Waals surface area (Å²) < 4.78 is 39.9. The molecule has 0 aromatic heterocycles. The van der Waals surface area contributed by atoms with Crippen LogP contribution in [0.5, 0.6) is 0 Å². The molecule has 1 atom stereocenters. The van der Waals surface area contributed by atoms with E-state index in [0.29, 0.717) is 17.7 Å². The summed E-state index contributed by atoms with van der Waals surface area (Å²) in [4.78, 5) is 29.2. The molecule has 0 saturated carbocycles. The Labute approximate surface area is 234 Å². The summed E-state index contributed by atoms with van der Waals surface area (Å²) in [6, 6.07) is 31.1. The van der Waals surface area contributed by atoms with Gasteiger partial charge in [-0.05, 0) is 47.4 Å². The highest BCUT2D eigenvalue weighted by Gasteiger charge is 2.32. The van der Waals surface area contributed by atoms with E-state index in [0.717, 1.165) is 28.2 Å². The second kappa shape index (κ2) is 11.8. The van der Waals surface area contributed by atoms with Crippen LogP contribution in [0.4, 0.5) is 18.9 Å². The molecule has 1 unspecified atom stereocenters. The van der Waals surface area contributed by atoms with Crippen LogP contribution in [0.3, 0.4) is 0 Å². The van der Waals surface area contributed by atoms with Crippen molar-refractivity contribution in [3.63, 3.8) is 0 Å². The highest BCUT2D eigenvalue weighted by Crippen LogP contribution is 2.42. The third-order valence-corrected chi connectivity index (χ3v) is 7.57. The van der Waals surface area contributed by atoms with Crippen molar-refractivity contribution in [3.05, 3.63) is 142 Å². The monoisotopic (exact) mass is 558 g/mol. The molecule has 1 N–H and O–H groups in total. The van der Waals surface area contributed by atoms with E-state index in [2.05, 4.69) is 5.32 Å². The van der Waals surface area contributed by atoms with Gasteiger partial charge in [0, 0.05) is 11.0 Å². The number of carbonyl (C=O) groups is 2. The molecule has 1 heterocycles. The number of amides is 2. The number of thioether (sulfide) groups is 1. The van der Waals surface area contributed by atoms with Gasteiger partial charge in [-0.2, -0.15) is 13.2 Å². The van der Waals surface area contributed by atoms with Gasteiger partial charge in [0.15, 0.2) is 0 Å². The maximum atomic E-state index is 13.6. The number of benzene rings is 4. The molecule has 0 aliphatic carbocycles. The Balaban J connectivity index is 1.41. The molecule has 202 valence electrons. The van der Waals surface area contributed by atoms with Crippen molar-refractivity contribution in [2.45, 2.75) is 30.1 Å². The van der Waals surface area contributed by atoms with E-state index in [1.807, 2.05) is 72.8 Å². The second-order valence-electron chi connectivity index (χ2n) is 9.33. The molecule has 0 fully saturated rings. The normalized spacial score (nSPS) is 15.0. The molecule has 4 nitrogen and oxygen atoms in total. The van der Waals surface area contributed by atoms with Crippen molar-refractivity contribution in [1.82, 2.24) is 5.32 Å². The van der Waals surface area contributed by atoms with Crippen LogP contribution < -0.4 is 10.2 Å². The SMILES string of the molecule is O=C(/C=C1/Sc2ccccc2N(Cc2cccc(C(F)(F)F)c2)C1=O)NC(Cc1ccccc1)c1ccccc1. The first-order valence-corrected chi connectivity index (χ1v) is 13.5. The molecular formula is C32H25F3N2O2S. The maximum absolute atomic E-state index is 13.6. The predicted octanol–water partition coefficient (Wildman–Crippen LogP) is 7.33. The highest BCUT2D eigenvalue weighted by molar-refractivity contribution is 8.04. The molecule has 0 radical (unpaired) electrons. The van der Waals surface area contributed by atoms with Gasteiger partial charge in [-0.15, -0.1) is 0 Å². The van der Waals surface area contributed by atoms with E-state index in [1.54, 1.807) is 18.2 Å². The van der Waals surface area contributed by atoms with Crippen molar-refractivity contribution in [2.75, 3.05) is 4.90 Å². The molecule has 0 bridgehead atoms. The van der Waals surface area contributed by atoms with Gasteiger partial charge in [0.1, 0.15) is 0 Å². The standard InChI is InChI=1S/C32H25F3N2O2S/c33-32(34,35)25-15-9-12-23(18-25)21-37-27-16-7-8-17-28(27)40-29(31(37)39)20-30(38)36-26(24-13-5-2-6-14-24)19-22-10-3-1-4-11-22/h1-18,20,26H,19,21H2,(H,36,38)/b29-20+. The van der Waals surface area contributed by atoms with Gasteiger partial charge in [-0.1, -0.05) is 96.7 Å². The van der Waals surface area contributed by atoms with Crippen molar-refractivity contribution >= 4 is 29.3 Å². The van der Waals surface area contributed by atoms with E-state index in [4.69, 9.17) is 0 Å². The van der Waals surface area contributed by atoms with Gasteiger partial charge >= 0.3 is 6.18 Å². The van der Waals surface area contributed by atoms with Crippen molar-refractivity contribution in [1.29, 1.82) is 0 Å². The lowest BCUT2D eigenvalue weighted by atomic mass is 9.99. The maximum Gasteiger partial charge on any atom is 0.416 e. The Hall–Kier alpha value is -4.30. The number of para-hydroxylation sites is 1. The Kier molecular flexibility index (Phi) is 8.07. The molecular weight excluding hydrogens is 533 g/mol. The Bertz CT molecular complexity index is 1540. The summed E-state index contributed by atoms with van der Waals surface area (Å²) >= 11 is 1.17. The van der Waals surface area contributed by atoms with E-state index in [9.17, 15) is 22.8 Å². The number of nitrogens with one attached hydrogen (secondary N) is 1. The zero-order chi connectivity index (χ0) is 28.1. The smallest absolute Gasteiger partial charge is 0.345 e. The third kappa shape index (κ3) is 6.46. The summed E-state index contributed by atoms with van der Waals surface area (Å²) in [7, 11) is 0. The van der Waals surface area contributed by atoms with Crippen molar-refractivity contribution in [2.24, 2.45) is 0 Å². The number of hydrogen-bond acceptors (Lipinski definition) is 3. The van der Waals surface area contributed by atoms with Crippen LogP contribution in [0.1, 0.15) is 28.3 Å². The number of alkyl halides is 3. The van der Waals surface area contributed by atoms with Crippen LogP contribution in [0.25, 0.3) is 0 Å². The Morgan fingerprint density at radius 2 is 1.50 bits per heavy atom. The van der Waals surface area contributed by atoms with Gasteiger partial charge in [0.25, 0.3) is 5.91 Å². The van der Waals surface area contributed by atoms with Gasteiger partial charge in [0.2, 0.25) is 5.91 Å². The number of hydrogen-bond donors (Lipinski definition) is 1. The van der Waals surface area contributed by atoms with Crippen LogP contribution in [0.15, 0.2) is 125 Å². The zero-order valence-corrected chi connectivity index (χ0v) is 22.1. The van der Waals surface area contributed by atoms with Crippen LogP contribution in [0, 0.1) is 0 Å². The first-order valence-electron chi connectivity index (χ1n) is 12.6. The van der Waals surface area contributed by atoms with Crippen molar-refractivity contribution < 1.29 is 22.8 Å².